The molecule has 2 heteroatoms. The molecule has 0 unspecified atom stereocenters. The predicted molar refractivity (Wildman–Crippen MR) is 102 cm³/mol. The highest BCUT2D eigenvalue weighted by atomic mass is 16.5. The van der Waals surface area contributed by atoms with Gasteiger partial charge < -0.3 is 9.47 Å². The first-order valence-corrected chi connectivity index (χ1v) is 8.58. The summed E-state index contributed by atoms with van der Waals surface area (Å²) in [6.45, 7) is 7.56. The first kappa shape index (κ1) is 17.1. The molecule has 2 nitrogen and oxygen atoms in total. The van der Waals surface area contributed by atoms with E-state index in [9.17, 15) is 0 Å². The van der Waals surface area contributed by atoms with Crippen molar-refractivity contribution >= 4 is 0 Å². The average Bonchev–Trinajstić information content (AvgIpc) is 2.61. The van der Waals surface area contributed by atoms with E-state index in [4.69, 9.17) is 9.47 Å². The van der Waals surface area contributed by atoms with Crippen molar-refractivity contribution in [1.29, 1.82) is 0 Å². The molecule has 0 atom stereocenters. The molecule has 0 saturated carbocycles. The Kier molecular flexibility index (Phi) is 5.39. The molecule has 0 heterocycles. The van der Waals surface area contributed by atoms with Gasteiger partial charge in [0.25, 0.3) is 0 Å². The molecular formula is C23H24O2. The molecular weight excluding hydrogens is 308 g/mol. The van der Waals surface area contributed by atoms with Crippen molar-refractivity contribution in [3.63, 3.8) is 0 Å². The summed E-state index contributed by atoms with van der Waals surface area (Å²) in [7, 11) is 0. The Balaban J connectivity index is 1.58. The van der Waals surface area contributed by atoms with E-state index in [-0.39, 0.29) is 0 Å². The number of hydrogen-bond donors (Lipinski definition) is 0. The van der Waals surface area contributed by atoms with Crippen molar-refractivity contribution in [2.75, 3.05) is 0 Å². The van der Waals surface area contributed by atoms with Gasteiger partial charge in [0.1, 0.15) is 24.7 Å². The molecule has 0 fully saturated rings. The van der Waals surface area contributed by atoms with Gasteiger partial charge in [0.15, 0.2) is 0 Å². The average molecular weight is 332 g/mol. The summed E-state index contributed by atoms with van der Waals surface area (Å²) < 4.78 is 11.8. The van der Waals surface area contributed by atoms with Crippen LogP contribution >= 0.6 is 0 Å². The molecule has 0 aliphatic carbocycles. The lowest BCUT2D eigenvalue weighted by Crippen LogP contribution is -2.01. The molecule has 3 aromatic rings. The van der Waals surface area contributed by atoms with Crippen molar-refractivity contribution in [3.8, 4) is 11.5 Å². The van der Waals surface area contributed by atoms with E-state index in [0.717, 1.165) is 17.1 Å². The van der Waals surface area contributed by atoms with Crippen molar-refractivity contribution in [2.45, 2.75) is 34.0 Å². The van der Waals surface area contributed by atoms with E-state index >= 15 is 0 Å². The Bertz CT molecular complexity index is 797. The number of ether oxygens (including phenoxy) is 2. The summed E-state index contributed by atoms with van der Waals surface area (Å²) in [5.41, 5.74) is 6.27. The Hall–Kier alpha value is -2.74. The third-order valence-electron chi connectivity index (χ3n) is 4.30. The summed E-state index contributed by atoms with van der Waals surface area (Å²) in [5, 5.41) is 0. The van der Waals surface area contributed by atoms with Gasteiger partial charge in [0, 0.05) is 0 Å². The lowest BCUT2D eigenvalue weighted by atomic mass is 10.0. The van der Waals surface area contributed by atoms with Gasteiger partial charge in [0.2, 0.25) is 0 Å². The second kappa shape index (κ2) is 7.89. The minimum absolute atomic E-state index is 0.572. The van der Waals surface area contributed by atoms with E-state index in [0.29, 0.717) is 13.2 Å². The van der Waals surface area contributed by atoms with Crippen LogP contribution in [0.2, 0.25) is 0 Å². The summed E-state index contributed by atoms with van der Waals surface area (Å²) in [6.07, 6.45) is 0. The van der Waals surface area contributed by atoms with E-state index < -0.39 is 0 Å². The molecule has 128 valence electrons. The molecule has 25 heavy (non-hydrogen) atoms. The van der Waals surface area contributed by atoms with Crippen LogP contribution in [0.15, 0.2) is 66.7 Å². The molecule has 0 amide bonds. The lowest BCUT2D eigenvalue weighted by Gasteiger charge is -2.13. The molecule has 3 rings (SSSR count). The Morgan fingerprint density at radius 1 is 0.640 bits per heavy atom. The lowest BCUT2D eigenvalue weighted by molar-refractivity contribution is 0.296. The van der Waals surface area contributed by atoms with Gasteiger partial charge in [0.05, 0.1) is 0 Å². The molecule has 3 aromatic carbocycles. The Morgan fingerprint density at radius 2 is 1.16 bits per heavy atom. The standard InChI is InChI=1S/C23H24O2/c1-17-13-18(2)23(19(3)14-17)16-25-22-11-9-21(10-12-22)24-15-20-7-5-4-6-8-20/h4-14H,15-16H2,1-3H3. The topological polar surface area (TPSA) is 18.5 Å². The number of benzene rings is 3. The monoisotopic (exact) mass is 332 g/mol. The minimum Gasteiger partial charge on any atom is -0.489 e. The zero-order valence-electron chi connectivity index (χ0n) is 15.1. The van der Waals surface area contributed by atoms with E-state index in [2.05, 4.69) is 45.0 Å². The van der Waals surface area contributed by atoms with Crippen molar-refractivity contribution in [2.24, 2.45) is 0 Å². The quantitative estimate of drug-likeness (QED) is 0.570. The Morgan fingerprint density at radius 3 is 1.72 bits per heavy atom. The van der Waals surface area contributed by atoms with Crippen LogP contribution in [0.25, 0.3) is 0 Å². The largest absolute Gasteiger partial charge is 0.489 e. The first-order valence-electron chi connectivity index (χ1n) is 8.58. The summed E-state index contributed by atoms with van der Waals surface area (Å²) in [5.74, 6) is 1.70. The third kappa shape index (κ3) is 4.63. The van der Waals surface area contributed by atoms with Crippen molar-refractivity contribution in [3.05, 3.63) is 94.5 Å². The van der Waals surface area contributed by atoms with Crippen molar-refractivity contribution in [1.82, 2.24) is 0 Å². The van der Waals surface area contributed by atoms with Crippen LogP contribution in [0, 0.1) is 20.8 Å². The maximum atomic E-state index is 5.96. The SMILES string of the molecule is Cc1cc(C)c(COc2ccc(OCc3ccccc3)cc2)c(C)c1. The second-order valence-electron chi connectivity index (χ2n) is 6.41. The normalized spacial score (nSPS) is 10.5. The first-order chi connectivity index (χ1) is 12.1. The highest BCUT2D eigenvalue weighted by Crippen LogP contribution is 2.22. The second-order valence-corrected chi connectivity index (χ2v) is 6.41. The van der Waals surface area contributed by atoms with Gasteiger partial charge in [-0.15, -0.1) is 0 Å². The molecule has 0 N–H and O–H groups in total. The van der Waals surface area contributed by atoms with Gasteiger partial charge in [-0.05, 0) is 67.3 Å². The third-order valence-corrected chi connectivity index (χ3v) is 4.30. The van der Waals surface area contributed by atoms with Crippen LogP contribution in [-0.4, -0.2) is 0 Å². The van der Waals surface area contributed by atoms with Gasteiger partial charge in [-0.3, -0.25) is 0 Å². The highest BCUT2D eigenvalue weighted by molar-refractivity contribution is 5.38. The van der Waals surface area contributed by atoms with E-state index in [1.807, 2.05) is 42.5 Å². The van der Waals surface area contributed by atoms with Crippen LogP contribution in [0.1, 0.15) is 27.8 Å². The van der Waals surface area contributed by atoms with Crippen LogP contribution in [0.5, 0.6) is 11.5 Å². The molecule has 0 radical (unpaired) electrons. The number of rotatable bonds is 6. The van der Waals surface area contributed by atoms with Crippen LogP contribution < -0.4 is 9.47 Å². The smallest absolute Gasteiger partial charge is 0.120 e. The zero-order valence-corrected chi connectivity index (χ0v) is 15.1. The van der Waals surface area contributed by atoms with E-state index in [1.165, 1.54) is 22.3 Å². The summed E-state index contributed by atoms with van der Waals surface area (Å²) in [4.78, 5) is 0. The van der Waals surface area contributed by atoms with Crippen molar-refractivity contribution < 1.29 is 9.47 Å². The summed E-state index contributed by atoms with van der Waals surface area (Å²) >= 11 is 0. The fourth-order valence-electron chi connectivity index (χ4n) is 2.97. The fraction of sp³-hybridized carbons (Fsp3) is 0.217. The maximum absolute atomic E-state index is 5.96. The molecule has 0 saturated heterocycles. The highest BCUT2D eigenvalue weighted by Gasteiger charge is 2.05. The van der Waals surface area contributed by atoms with Gasteiger partial charge in [-0.2, -0.15) is 0 Å². The Labute approximate surface area is 150 Å². The maximum Gasteiger partial charge on any atom is 0.120 e. The predicted octanol–water partition coefficient (Wildman–Crippen LogP) is 5.77. The van der Waals surface area contributed by atoms with Crippen LogP contribution in [0.4, 0.5) is 0 Å². The van der Waals surface area contributed by atoms with Crippen LogP contribution in [0.3, 0.4) is 0 Å². The zero-order chi connectivity index (χ0) is 17.6. The molecule has 0 aliphatic heterocycles. The molecule has 0 aliphatic rings. The minimum atomic E-state index is 0.572. The fourth-order valence-corrected chi connectivity index (χ4v) is 2.97. The van der Waals surface area contributed by atoms with Crippen LogP contribution in [-0.2, 0) is 13.2 Å². The van der Waals surface area contributed by atoms with Gasteiger partial charge in [-0.25, -0.2) is 0 Å². The molecule has 0 aromatic heterocycles. The van der Waals surface area contributed by atoms with Gasteiger partial charge in [-0.1, -0.05) is 48.0 Å². The molecule has 0 bridgehead atoms. The summed E-state index contributed by atoms with van der Waals surface area (Å²) in [6, 6.07) is 22.4. The van der Waals surface area contributed by atoms with E-state index in [1.54, 1.807) is 0 Å². The molecule has 0 spiro atoms. The number of aryl methyl sites for hydroxylation is 3. The number of hydrogen-bond acceptors (Lipinski definition) is 2. The van der Waals surface area contributed by atoms with Gasteiger partial charge >= 0.3 is 0 Å².